The largest absolute Gasteiger partial charge is 0.393 e. The van der Waals surface area contributed by atoms with Crippen molar-refractivity contribution < 1.29 is 9.32 Å². The summed E-state index contributed by atoms with van der Waals surface area (Å²) in [5.74, 6) is -0.223. The Balaban J connectivity index is 2.12. The highest BCUT2D eigenvalue weighted by molar-refractivity contribution is 7.80. The van der Waals surface area contributed by atoms with Gasteiger partial charge in [-0.05, 0) is 11.6 Å². The van der Waals surface area contributed by atoms with Crippen molar-refractivity contribution in [3.63, 3.8) is 0 Å². The van der Waals surface area contributed by atoms with Crippen molar-refractivity contribution in [2.45, 2.75) is 13.0 Å². The first-order valence-electron chi connectivity index (χ1n) is 6.03. The molecule has 0 radical (unpaired) electrons. The Morgan fingerprint density at radius 3 is 2.90 bits per heavy atom. The molecule has 0 saturated carbocycles. The maximum atomic E-state index is 12.3. The number of nitrogens with zero attached hydrogens (tertiary/aromatic N) is 3. The molecule has 0 unspecified atom stereocenters. The van der Waals surface area contributed by atoms with Gasteiger partial charge in [0, 0.05) is 38.0 Å². The van der Waals surface area contributed by atoms with Crippen LogP contribution in [0.2, 0.25) is 0 Å². The lowest BCUT2D eigenvalue weighted by atomic mass is 10.2. The van der Waals surface area contributed by atoms with E-state index in [0.29, 0.717) is 24.5 Å². The van der Waals surface area contributed by atoms with Crippen molar-refractivity contribution in [3.8, 4) is 0 Å². The molecule has 0 aliphatic rings. The number of thiocarbonyl (C=S) groups is 1. The number of carbonyl (C=O) groups is 1. The summed E-state index contributed by atoms with van der Waals surface area (Å²) in [7, 11) is 0. The van der Waals surface area contributed by atoms with Gasteiger partial charge < -0.3 is 15.2 Å². The van der Waals surface area contributed by atoms with E-state index in [2.05, 4.69) is 10.1 Å². The van der Waals surface area contributed by atoms with Gasteiger partial charge in [0.1, 0.15) is 6.26 Å². The summed E-state index contributed by atoms with van der Waals surface area (Å²) in [5, 5.41) is 3.66. The summed E-state index contributed by atoms with van der Waals surface area (Å²) in [4.78, 5) is 18.3. The first-order chi connectivity index (χ1) is 9.66. The van der Waals surface area contributed by atoms with E-state index in [1.807, 2.05) is 12.1 Å². The summed E-state index contributed by atoms with van der Waals surface area (Å²) >= 11 is 4.86. The van der Waals surface area contributed by atoms with E-state index < -0.39 is 0 Å². The van der Waals surface area contributed by atoms with Crippen molar-refractivity contribution in [2.24, 2.45) is 5.73 Å². The fraction of sp³-hybridized carbons (Fsp3) is 0.231. The van der Waals surface area contributed by atoms with Gasteiger partial charge in [-0.1, -0.05) is 23.4 Å². The highest BCUT2D eigenvalue weighted by atomic mass is 32.1. The Morgan fingerprint density at radius 1 is 1.45 bits per heavy atom. The predicted octanol–water partition coefficient (Wildman–Crippen LogP) is 1.39. The first kappa shape index (κ1) is 14.1. The Labute approximate surface area is 121 Å². The molecule has 0 aliphatic carbocycles. The van der Waals surface area contributed by atoms with Crippen LogP contribution in [0, 0.1) is 0 Å². The lowest BCUT2D eigenvalue weighted by Crippen LogP contribution is -2.33. The molecule has 7 heteroatoms. The van der Waals surface area contributed by atoms with Gasteiger partial charge in [0.05, 0.1) is 4.99 Å². The van der Waals surface area contributed by atoms with Crippen LogP contribution in [0.1, 0.15) is 22.5 Å². The molecule has 2 aromatic heterocycles. The number of aromatic nitrogens is 2. The highest BCUT2D eigenvalue weighted by Crippen LogP contribution is 2.09. The summed E-state index contributed by atoms with van der Waals surface area (Å²) in [6, 6.07) is 5.25. The second-order valence-electron chi connectivity index (χ2n) is 4.19. The van der Waals surface area contributed by atoms with E-state index in [1.165, 1.54) is 12.3 Å². The van der Waals surface area contributed by atoms with Crippen molar-refractivity contribution in [3.05, 3.63) is 48.1 Å². The van der Waals surface area contributed by atoms with Crippen LogP contribution in [0.25, 0.3) is 0 Å². The molecule has 0 saturated heterocycles. The molecule has 104 valence electrons. The van der Waals surface area contributed by atoms with Crippen LogP contribution in [0.15, 0.2) is 41.4 Å². The number of hydrogen-bond acceptors (Lipinski definition) is 5. The molecule has 0 spiro atoms. The quantitative estimate of drug-likeness (QED) is 0.809. The standard InChI is InChI=1S/C13H14N4O2S/c14-12(20)3-6-17(9-10-2-1-5-15-8-10)13(18)11-4-7-19-16-11/h1-2,4-5,7-8H,3,6,9H2,(H2,14,20). The maximum absolute atomic E-state index is 12.3. The summed E-state index contributed by atoms with van der Waals surface area (Å²) < 4.78 is 4.70. The zero-order valence-electron chi connectivity index (χ0n) is 10.7. The fourth-order valence-corrected chi connectivity index (χ4v) is 1.79. The monoisotopic (exact) mass is 290 g/mol. The average Bonchev–Trinajstić information content (AvgIpc) is 2.97. The third kappa shape index (κ3) is 3.86. The molecule has 2 heterocycles. The van der Waals surface area contributed by atoms with Crippen molar-refractivity contribution in [1.82, 2.24) is 15.0 Å². The van der Waals surface area contributed by atoms with Gasteiger partial charge in [0.25, 0.3) is 5.91 Å². The van der Waals surface area contributed by atoms with Gasteiger partial charge in [0.15, 0.2) is 5.69 Å². The zero-order chi connectivity index (χ0) is 14.4. The predicted molar refractivity (Wildman–Crippen MR) is 76.9 cm³/mol. The van der Waals surface area contributed by atoms with Gasteiger partial charge in [-0.15, -0.1) is 0 Å². The molecule has 0 atom stereocenters. The normalized spacial score (nSPS) is 10.2. The Bertz CT molecular complexity index is 571. The average molecular weight is 290 g/mol. The third-order valence-corrected chi connectivity index (χ3v) is 2.87. The van der Waals surface area contributed by atoms with Crippen LogP contribution in [0.5, 0.6) is 0 Å². The molecule has 0 bridgehead atoms. The van der Waals surface area contributed by atoms with E-state index in [0.717, 1.165) is 5.56 Å². The molecule has 0 fully saturated rings. The van der Waals surface area contributed by atoms with Crippen molar-refractivity contribution in [2.75, 3.05) is 6.54 Å². The molecular weight excluding hydrogens is 276 g/mol. The minimum Gasteiger partial charge on any atom is -0.393 e. The van der Waals surface area contributed by atoms with Crippen LogP contribution in [0.3, 0.4) is 0 Å². The molecule has 20 heavy (non-hydrogen) atoms. The van der Waals surface area contributed by atoms with E-state index >= 15 is 0 Å². The van der Waals surface area contributed by atoms with E-state index in [4.69, 9.17) is 22.5 Å². The van der Waals surface area contributed by atoms with Gasteiger partial charge in [0.2, 0.25) is 0 Å². The fourth-order valence-electron chi connectivity index (χ4n) is 1.69. The van der Waals surface area contributed by atoms with E-state index in [-0.39, 0.29) is 11.6 Å². The summed E-state index contributed by atoms with van der Waals surface area (Å²) in [6.45, 7) is 0.845. The second-order valence-corrected chi connectivity index (χ2v) is 4.71. The Morgan fingerprint density at radius 2 is 2.30 bits per heavy atom. The van der Waals surface area contributed by atoms with Crippen LogP contribution < -0.4 is 5.73 Å². The SMILES string of the molecule is NC(=S)CCN(Cc1cccnc1)C(=O)c1ccon1. The summed E-state index contributed by atoms with van der Waals surface area (Å²) in [6.07, 6.45) is 5.22. The number of rotatable bonds is 6. The van der Waals surface area contributed by atoms with Gasteiger partial charge in [-0.25, -0.2) is 0 Å². The first-order valence-corrected chi connectivity index (χ1v) is 6.44. The number of hydrogen-bond donors (Lipinski definition) is 1. The van der Waals surface area contributed by atoms with Gasteiger partial charge in [-0.2, -0.15) is 0 Å². The van der Waals surface area contributed by atoms with Gasteiger partial charge >= 0.3 is 0 Å². The lowest BCUT2D eigenvalue weighted by Gasteiger charge is -2.21. The van der Waals surface area contributed by atoms with E-state index in [9.17, 15) is 4.79 Å². The Kier molecular flexibility index (Phi) is 4.78. The maximum Gasteiger partial charge on any atom is 0.276 e. The molecule has 0 aromatic carbocycles. The lowest BCUT2D eigenvalue weighted by molar-refractivity contribution is 0.0737. The molecular formula is C13H14N4O2S. The Hall–Kier alpha value is -2.28. The van der Waals surface area contributed by atoms with Gasteiger partial charge in [-0.3, -0.25) is 9.78 Å². The van der Waals surface area contributed by atoms with Crippen LogP contribution in [-0.2, 0) is 6.54 Å². The summed E-state index contributed by atoms with van der Waals surface area (Å²) in [5.41, 5.74) is 6.68. The number of carbonyl (C=O) groups excluding carboxylic acids is 1. The number of pyridine rings is 1. The van der Waals surface area contributed by atoms with Crippen molar-refractivity contribution in [1.29, 1.82) is 0 Å². The molecule has 2 rings (SSSR count). The molecule has 1 amide bonds. The zero-order valence-corrected chi connectivity index (χ0v) is 11.5. The molecule has 6 nitrogen and oxygen atoms in total. The third-order valence-electron chi connectivity index (χ3n) is 2.67. The minimum atomic E-state index is -0.223. The molecule has 2 aromatic rings. The van der Waals surface area contributed by atoms with Crippen LogP contribution in [0.4, 0.5) is 0 Å². The van der Waals surface area contributed by atoms with Crippen LogP contribution in [-0.4, -0.2) is 32.5 Å². The minimum absolute atomic E-state index is 0.223. The number of amides is 1. The topological polar surface area (TPSA) is 85.2 Å². The second kappa shape index (κ2) is 6.76. The van der Waals surface area contributed by atoms with Crippen molar-refractivity contribution >= 4 is 23.1 Å². The molecule has 0 aliphatic heterocycles. The van der Waals surface area contributed by atoms with E-state index in [1.54, 1.807) is 17.3 Å². The molecule has 2 N–H and O–H groups in total. The van der Waals surface area contributed by atoms with Crippen LogP contribution >= 0.6 is 12.2 Å². The number of nitrogens with two attached hydrogens (primary N) is 1. The highest BCUT2D eigenvalue weighted by Gasteiger charge is 2.18. The smallest absolute Gasteiger partial charge is 0.276 e.